The maximum atomic E-state index is 12.9. The van der Waals surface area contributed by atoms with Crippen LogP contribution in [-0.2, 0) is 4.79 Å². The van der Waals surface area contributed by atoms with E-state index in [1.54, 1.807) is 0 Å². The first-order valence-corrected chi connectivity index (χ1v) is 11.4. The summed E-state index contributed by atoms with van der Waals surface area (Å²) in [5, 5.41) is 15.8. The maximum Gasteiger partial charge on any atom is 0.273 e. The molecule has 1 saturated carbocycles. The minimum atomic E-state index is -2.72. The number of hydrogen-bond acceptors (Lipinski definition) is 8. The molecule has 1 fully saturated rings. The van der Waals surface area contributed by atoms with Crippen molar-refractivity contribution in [2.75, 3.05) is 29.6 Å². The topological polar surface area (TPSA) is 125 Å². The summed E-state index contributed by atoms with van der Waals surface area (Å²) in [6, 6.07) is 7.46. The molecule has 3 aromatic heterocycles. The van der Waals surface area contributed by atoms with Crippen LogP contribution in [0.4, 0.5) is 23.0 Å². The van der Waals surface area contributed by atoms with E-state index in [1.807, 2.05) is 38.3 Å². The molecule has 5 rings (SSSR count). The standard InChI is InChI=1S/C25H28N8O2/c1-12-6-9-16-14(3)33(5)22-17(20(16)27-12)10-13(2)28-23(22)29-18-11-19(30-24(34)15-7-8-15)31-32-21(18)25(35)26-4/h6,9-11,14-15H,7-8H2,1-5H3,(H,26,35)(H2,28,29,30,31,34)/t14-/m0/s1/i4D3. The fourth-order valence-electron chi connectivity index (χ4n) is 4.29. The molecule has 0 spiro atoms. The highest BCUT2D eigenvalue weighted by atomic mass is 16.2. The van der Waals surface area contributed by atoms with Gasteiger partial charge in [-0.15, -0.1) is 10.2 Å². The second-order valence-electron chi connectivity index (χ2n) is 9.02. The van der Waals surface area contributed by atoms with Crippen molar-refractivity contribution in [3.63, 3.8) is 0 Å². The number of aromatic nitrogens is 4. The van der Waals surface area contributed by atoms with Gasteiger partial charge in [0.1, 0.15) is 0 Å². The molecule has 2 aliphatic rings. The van der Waals surface area contributed by atoms with E-state index in [0.29, 0.717) is 11.5 Å². The van der Waals surface area contributed by atoms with Crippen molar-refractivity contribution >= 4 is 34.8 Å². The molecule has 0 bridgehead atoms. The van der Waals surface area contributed by atoms with Gasteiger partial charge in [-0.25, -0.2) is 4.98 Å². The molecule has 3 aromatic rings. The van der Waals surface area contributed by atoms with Crippen molar-refractivity contribution in [3.05, 3.63) is 46.9 Å². The molecule has 0 radical (unpaired) electrons. The monoisotopic (exact) mass is 475 g/mol. The lowest BCUT2D eigenvalue weighted by Gasteiger charge is -2.36. The first-order valence-electron chi connectivity index (χ1n) is 12.9. The number of carbonyl (C=O) groups excluding carboxylic acids is 2. The van der Waals surface area contributed by atoms with Crippen molar-refractivity contribution in [2.24, 2.45) is 5.92 Å². The highest BCUT2D eigenvalue weighted by Crippen LogP contribution is 2.47. The number of nitrogens with one attached hydrogen (secondary N) is 3. The molecule has 0 aromatic carbocycles. The fourth-order valence-corrected chi connectivity index (χ4v) is 4.29. The van der Waals surface area contributed by atoms with Crippen LogP contribution in [0.25, 0.3) is 11.3 Å². The Balaban J connectivity index is 1.61. The Kier molecular flexibility index (Phi) is 4.73. The molecule has 180 valence electrons. The number of rotatable bonds is 5. The van der Waals surface area contributed by atoms with Gasteiger partial charge in [-0.3, -0.25) is 14.6 Å². The number of hydrogen-bond donors (Lipinski definition) is 3. The summed E-state index contributed by atoms with van der Waals surface area (Å²) in [6.07, 6.45) is 1.62. The van der Waals surface area contributed by atoms with Crippen molar-refractivity contribution in [2.45, 2.75) is 39.7 Å². The molecule has 2 amide bonds. The Morgan fingerprint density at radius 2 is 1.91 bits per heavy atom. The van der Waals surface area contributed by atoms with E-state index in [0.717, 1.165) is 41.0 Å². The number of anilines is 4. The van der Waals surface area contributed by atoms with Gasteiger partial charge in [0, 0.05) is 52.6 Å². The van der Waals surface area contributed by atoms with Crippen molar-refractivity contribution in [1.82, 2.24) is 25.5 Å². The lowest BCUT2D eigenvalue weighted by molar-refractivity contribution is -0.117. The van der Waals surface area contributed by atoms with Gasteiger partial charge in [-0.2, -0.15) is 0 Å². The first kappa shape index (κ1) is 19.2. The molecule has 10 nitrogen and oxygen atoms in total. The fraction of sp³-hybridized carbons (Fsp3) is 0.360. The number of carbonyl (C=O) groups is 2. The van der Waals surface area contributed by atoms with Crippen molar-refractivity contribution < 1.29 is 13.7 Å². The van der Waals surface area contributed by atoms with Gasteiger partial charge in [-0.05, 0) is 45.7 Å². The average Bonchev–Trinajstić information content (AvgIpc) is 3.67. The summed E-state index contributed by atoms with van der Waals surface area (Å²) in [6.45, 7) is 3.13. The van der Waals surface area contributed by atoms with E-state index >= 15 is 0 Å². The molecule has 4 heterocycles. The molecule has 3 N–H and O–H groups in total. The van der Waals surface area contributed by atoms with Crippen LogP contribution in [0, 0.1) is 19.8 Å². The smallest absolute Gasteiger partial charge is 0.273 e. The predicted molar refractivity (Wildman–Crippen MR) is 134 cm³/mol. The van der Waals surface area contributed by atoms with E-state index in [9.17, 15) is 9.59 Å². The van der Waals surface area contributed by atoms with Crippen LogP contribution in [-0.4, -0.2) is 46.0 Å². The van der Waals surface area contributed by atoms with Crippen LogP contribution in [0.1, 0.15) is 57.4 Å². The first-order chi connectivity index (χ1) is 17.9. The van der Waals surface area contributed by atoms with Gasteiger partial charge in [0.25, 0.3) is 5.91 Å². The molecule has 10 heteroatoms. The largest absolute Gasteiger partial charge is 0.364 e. The number of aryl methyl sites for hydroxylation is 2. The van der Waals surface area contributed by atoms with Gasteiger partial charge >= 0.3 is 0 Å². The predicted octanol–water partition coefficient (Wildman–Crippen LogP) is 3.51. The zero-order chi connectivity index (χ0) is 27.4. The van der Waals surface area contributed by atoms with Crippen LogP contribution in [0.3, 0.4) is 0 Å². The van der Waals surface area contributed by atoms with Crippen molar-refractivity contribution in [3.8, 4) is 11.3 Å². The third-order valence-electron chi connectivity index (χ3n) is 6.40. The highest BCUT2D eigenvalue weighted by Gasteiger charge is 2.32. The second-order valence-corrected chi connectivity index (χ2v) is 9.02. The highest BCUT2D eigenvalue weighted by molar-refractivity contribution is 6.00. The van der Waals surface area contributed by atoms with Gasteiger partial charge in [0.15, 0.2) is 17.3 Å². The average molecular weight is 476 g/mol. The normalized spacial score (nSPS) is 17.9. The van der Waals surface area contributed by atoms with E-state index in [4.69, 9.17) is 14.1 Å². The lowest BCUT2D eigenvalue weighted by Crippen LogP contribution is -2.28. The Hall–Kier alpha value is -4.08. The number of pyridine rings is 2. The zero-order valence-electron chi connectivity index (χ0n) is 22.9. The van der Waals surface area contributed by atoms with Gasteiger partial charge in [0.2, 0.25) is 5.91 Å². The summed E-state index contributed by atoms with van der Waals surface area (Å²) in [4.78, 5) is 36.8. The molecular weight excluding hydrogens is 444 g/mol. The summed E-state index contributed by atoms with van der Waals surface area (Å²) < 4.78 is 22.3. The Bertz CT molecular complexity index is 1460. The zero-order valence-corrected chi connectivity index (χ0v) is 19.9. The van der Waals surface area contributed by atoms with E-state index in [1.165, 1.54) is 6.07 Å². The van der Waals surface area contributed by atoms with Crippen LogP contribution < -0.4 is 20.9 Å². The number of nitrogens with zero attached hydrogens (tertiary/aromatic N) is 5. The molecular formula is C25H28N8O2. The van der Waals surface area contributed by atoms with Gasteiger partial charge < -0.3 is 20.9 Å². The molecule has 0 saturated heterocycles. The summed E-state index contributed by atoms with van der Waals surface area (Å²) in [5.74, 6) is -0.614. The Morgan fingerprint density at radius 1 is 1.11 bits per heavy atom. The quantitative estimate of drug-likeness (QED) is 0.512. The number of amides is 2. The second kappa shape index (κ2) is 8.61. The van der Waals surface area contributed by atoms with Crippen LogP contribution in [0.5, 0.6) is 0 Å². The Labute approximate surface area is 207 Å². The molecule has 1 aliphatic heterocycles. The maximum absolute atomic E-state index is 12.9. The summed E-state index contributed by atoms with van der Waals surface area (Å²) >= 11 is 0. The minimum absolute atomic E-state index is 0.0158. The summed E-state index contributed by atoms with van der Waals surface area (Å²) in [7, 11) is 1.95. The lowest BCUT2D eigenvalue weighted by atomic mass is 9.93. The summed E-state index contributed by atoms with van der Waals surface area (Å²) in [5.41, 5.74) is 5.06. The Morgan fingerprint density at radius 3 is 2.66 bits per heavy atom. The van der Waals surface area contributed by atoms with Crippen LogP contribution >= 0.6 is 0 Å². The molecule has 0 unspecified atom stereocenters. The number of fused-ring (bicyclic) bond motifs is 3. The van der Waals surface area contributed by atoms with Crippen molar-refractivity contribution in [1.29, 1.82) is 0 Å². The SMILES string of the molecule is [2H]C([2H])([2H])NC(=O)c1nnc(NC(=O)C2CC2)cc1Nc1nc(C)cc2c1N(C)[C@@H](C)c1ccc(C)nc1-2. The van der Waals surface area contributed by atoms with E-state index in [2.05, 4.69) is 38.7 Å². The van der Waals surface area contributed by atoms with E-state index < -0.39 is 12.9 Å². The van der Waals surface area contributed by atoms with Gasteiger partial charge in [-0.1, -0.05) is 6.07 Å². The molecule has 35 heavy (non-hydrogen) atoms. The molecule has 1 aliphatic carbocycles. The van der Waals surface area contributed by atoms with E-state index in [-0.39, 0.29) is 35.1 Å². The third-order valence-corrected chi connectivity index (χ3v) is 6.40. The minimum Gasteiger partial charge on any atom is -0.364 e. The molecule has 1 atom stereocenters. The third kappa shape index (κ3) is 4.16. The van der Waals surface area contributed by atoms with Crippen LogP contribution in [0.2, 0.25) is 0 Å². The van der Waals surface area contributed by atoms with Gasteiger partial charge in [0.05, 0.1) is 23.1 Å². The van der Waals surface area contributed by atoms with Crippen LogP contribution in [0.15, 0.2) is 24.3 Å².